The van der Waals surface area contributed by atoms with Gasteiger partial charge >= 0.3 is 0 Å². The molecule has 12 heavy (non-hydrogen) atoms. The van der Waals surface area contributed by atoms with Gasteiger partial charge in [-0.05, 0) is 38.3 Å². The lowest BCUT2D eigenvalue weighted by molar-refractivity contribution is 0.312. The second kappa shape index (κ2) is 5.60. The van der Waals surface area contributed by atoms with E-state index in [0.29, 0.717) is 0 Å². The molecule has 0 aromatic carbocycles. The van der Waals surface area contributed by atoms with Crippen molar-refractivity contribution < 1.29 is 0 Å². The van der Waals surface area contributed by atoms with Crippen LogP contribution in [-0.2, 0) is 0 Å². The van der Waals surface area contributed by atoms with E-state index < -0.39 is 0 Å². The molecular weight excluding hydrogens is 170 g/mol. The Balaban J connectivity index is 2.25. The number of hydrogen-bond donors (Lipinski definition) is 0. The zero-order valence-corrected chi connectivity index (χ0v) is 8.56. The van der Waals surface area contributed by atoms with Crippen LogP contribution < -0.4 is 0 Å². The highest BCUT2D eigenvalue weighted by Crippen LogP contribution is 2.15. The molecule has 70 valence electrons. The Labute approximate surface area is 80.4 Å². The van der Waals surface area contributed by atoms with E-state index in [-0.39, 0.29) is 0 Å². The summed E-state index contributed by atoms with van der Waals surface area (Å²) in [6.45, 7) is 5.85. The molecule has 0 radical (unpaired) electrons. The van der Waals surface area contributed by atoms with Crippen LogP contribution in [0.25, 0.3) is 0 Å². The summed E-state index contributed by atoms with van der Waals surface area (Å²) in [4.78, 5) is 2.47. The molecule has 0 amide bonds. The van der Waals surface area contributed by atoms with E-state index in [4.69, 9.17) is 11.6 Å². The smallest absolute Gasteiger partial charge is 0.0174 e. The van der Waals surface area contributed by atoms with E-state index in [1.165, 1.54) is 32.4 Å². The summed E-state index contributed by atoms with van der Waals surface area (Å²) in [5.74, 6) is 0.912. The number of rotatable bonds is 2. The molecule has 1 fully saturated rings. The zero-order valence-electron chi connectivity index (χ0n) is 7.80. The molecule has 0 bridgehead atoms. The fourth-order valence-corrected chi connectivity index (χ4v) is 1.77. The van der Waals surface area contributed by atoms with Crippen molar-refractivity contribution in [2.24, 2.45) is 5.92 Å². The third kappa shape index (κ3) is 3.59. The number of nitrogens with zero attached hydrogens (tertiary/aromatic N) is 1. The highest BCUT2D eigenvalue weighted by atomic mass is 35.5. The number of halogens is 1. The first kappa shape index (κ1) is 10.1. The Morgan fingerprint density at radius 1 is 1.42 bits per heavy atom. The van der Waals surface area contributed by atoms with Crippen molar-refractivity contribution >= 4 is 11.6 Å². The van der Waals surface area contributed by atoms with Crippen LogP contribution in [0, 0.1) is 5.92 Å². The largest absolute Gasteiger partial charge is 0.300 e. The third-order valence-electron chi connectivity index (χ3n) is 2.56. The quantitative estimate of drug-likeness (QED) is 0.643. The van der Waals surface area contributed by atoms with E-state index in [0.717, 1.165) is 12.5 Å². The number of hydrogen-bond acceptors (Lipinski definition) is 1. The van der Waals surface area contributed by atoms with Crippen LogP contribution in [0.5, 0.6) is 0 Å². The Morgan fingerprint density at radius 3 is 3.00 bits per heavy atom. The molecule has 1 unspecified atom stereocenters. The molecule has 1 atom stereocenters. The standard InChI is InChI=1S/C10H18ClN/c1-10-4-2-7-12(9-5-10)8-3-6-11/h3,6,10H,2,4-5,7-9H2,1H3/b6-3+. The van der Waals surface area contributed by atoms with Crippen molar-refractivity contribution in [3.8, 4) is 0 Å². The molecule has 0 spiro atoms. The normalized spacial score (nSPS) is 27.7. The molecule has 0 saturated carbocycles. The van der Waals surface area contributed by atoms with E-state index in [1.54, 1.807) is 5.54 Å². The van der Waals surface area contributed by atoms with Crippen LogP contribution in [-0.4, -0.2) is 24.5 Å². The molecule has 2 heteroatoms. The molecule has 1 aliphatic rings. The van der Waals surface area contributed by atoms with Crippen LogP contribution in [0.15, 0.2) is 11.6 Å². The van der Waals surface area contributed by atoms with Gasteiger partial charge in [-0.25, -0.2) is 0 Å². The van der Waals surface area contributed by atoms with Gasteiger partial charge in [0.15, 0.2) is 0 Å². The van der Waals surface area contributed by atoms with Crippen molar-refractivity contribution in [3.05, 3.63) is 11.6 Å². The molecule has 1 nitrogen and oxygen atoms in total. The van der Waals surface area contributed by atoms with Gasteiger partial charge in [-0.2, -0.15) is 0 Å². The first-order chi connectivity index (χ1) is 5.83. The Kier molecular flexibility index (Phi) is 4.70. The van der Waals surface area contributed by atoms with E-state index in [9.17, 15) is 0 Å². The van der Waals surface area contributed by atoms with Crippen molar-refractivity contribution in [1.29, 1.82) is 0 Å². The summed E-state index contributed by atoms with van der Waals surface area (Å²) in [7, 11) is 0. The van der Waals surface area contributed by atoms with Crippen LogP contribution in [0.2, 0.25) is 0 Å². The van der Waals surface area contributed by atoms with E-state index >= 15 is 0 Å². The van der Waals surface area contributed by atoms with Gasteiger partial charge in [0.05, 0.1) is 0 Å². The predicted octanol–water partition coefficient (Wildman–Crippen LogP) is 2.86. The van der Waals surface area contributed by atoms with Gasteiger partial charge in [-0.1, -0.05) is 24.6 Å². The lowest BCUT2D eigenvalue weighted by Crippen LogP contribution is -2.24. The van der Waals surface area contributed by atoms with Gasteiger partial charge in [-0.15, -0.1) is 0 Å². The van der Waals surface area contributed by atoms with E-state index in [1.807, 2.05) is 6.08 Å². The van der Waals surface area contributed by atoms with Crippen molar-refractivity contribution in [1.82, 2.24) is 4.90 Å². The monoisotopic (exact) mass is 187 g/mol. The minimum atomic E-state index is 0.912. The maximum Gasteiger partial charge on any atom is 0.0174 e. The fourth-order valence-electron chi connectivity index (χ4n) is 1.69. The van der Waals surface area contributed by atoms with Crippen molar-refractivity contribution in [3.63, 3.8) is 0 Å². The van der Waals surface area contributed by atoms with Crippen LogP contribution in [0.1, 0.15) is 26.2 Å². The molecule has 0 aromatic rings. The molecular formula is C10H18ClN. The second-order valence-corrected chi connectivity index (χ2v) is 3.95. The maximum atomic E-state index is 5.48. The van der Waals surface area contributed by atoms with Gasteiger partial charge in [0.2, 0.25) is 0 Å². The molecule has 1 saturated heterocycles. The molecule has 1 aliphatic heterocycles. The predicted molar refractivity (Wildman–Crippen MR) is 54.4 cm³/mol. The van der Waals surface area contributed by atoms with Crippen LogP contribution in [0.3, 0.4) is 0 Å². The van der Waals surface area contributed by atoms with Crippen LogP contribution >= 0.6 is 11.6 Å². The van der Waals surface area contributed by atoms with Gasteiger partial charge in [0.25, 0.3) is 0 Å². The first-order valence-electron chi connectivity index (χ1n) is 4.80. The average Bonchev–Trinajstić information content (AvgIpc) is 2.27. The summed E-state index contributed by atoms with van der Waals surface area (Å²) >= 11 is 5.48. The lowest BCUT2D eigenvalue weighted by Gasteiger charge is -2.17. The zero-order chi connectivity index (χ0) is 8.81. The summed E-state index contributed by atoms with van der Waals surface area (Å²) in [6.07, 6.45) is 6.10. The topological polar surface area (TPSA) is 3.24 Å². The van der Waals surface area contributed by atoms with Gasteiger partial charge in [-0.3, -0.25) is 4.90 Å². The Bertz CT molecular complexity index is 145. The third-order valence-corrected chi connectivity index (χ3v) is 2.74. The Morgan fingerprint density at radius 2 is 2.25 bits per heavy atom. The fraction of sp³-hybridized carbons (Fsp3) is 0.800. The molecule has 0 aliphatic carbocycles. The van der Waals surface area contributed by atoms with Crippen LogP contribution in [0.4, 0.5) is 0 Å². The summed E-state index contributed by atoms with van der Waals surface area (Å²) in [5.41, 5.74) is 1.62. The summed E-state index contributed by atoms with van der Waals surface area (Å²) in [6, 6.07) is 0. The lowest BCUT2D eigenvalue weighted by atomic mass is 10.0. The summed E-state index contributed by atoms with van der Waals surface area (Å²) in [5, 5.41) is 0. The highest BCUT2D eigenvalue weighted by Gasteiger charge is 2.11. The molecule has 1 heterocycles. The summed E-state index contributed by atoms with van der Waals surface area (Å²) < 4.78 is 0. The van der Waals surface area contributed by atoms with Gasteiger partial charge < -0.3 is 0 Å². The first-order valence-corrected chi connectivity index (χ1v) is 5.24. The maximum absolute atomic E-state index is 5.48. The SMILES string of the molecule is CC1CCCN(C/C=C/Cl)CC1. The molecule has 1 rings (SSSR count). The molecule has 0 N–H and O–H groups in total. The van der Waals surface area contributed by atoms with Crippen molar-refractivity contribution in [2.45, 2.75) is 26.2 Å². The Hall–Kier alpha value is -0.0100. The van der Waals surface area contributed by atoms with Gasteiger partial charge in [0, 0.05) is 12.1 Å². The van der Waals surface area contributed by atoms with Crippen molar-refractivity contribution in [2.75, 3.05) is 19.6 Å². The minimum absolute atomic E-state index is 0.912. The average molecular weight is 188 g/mol. The number of likely N-dealkylation sites (tertiary alicyclic amines) is 1. The second-order valence-electron chi connectivity index (χ2n) is 3.70. The van der Waals surface area contributed by atoms with Gasteiger partial charge in [0.1, 0.15) is 0 Å². The van der Waals surface area contributed by atoms with E-state index in [2.05, 4.69) is 11.8 Å². The molecule has 0 aromatic heterocycles. The minimum Gasteiger partial charge on any atom is -0.300 e. The highest BCUT2D eigenvalue weighted by molar-refractivity contribution is 6.25.